The summed E-state index contributed by atoms with van der Waals surface area (Å²) in [6.45, 7) is 8.00. The SMILES string of the molecule is C=CN1CCC(C=C)([n+]2cnc[nH]2)C1=O. The van der Waals surface area contributed by atoms with Crippen molar-refractivity contribution in [2.45, 2.75) is 12.0 Å². The van der Waals surface area contributed by atoms with E-state index < -0.39 is 5.54 Å². The fourth-order valence-electron chi connectivity index (χ4n) is 1.88. The van der Waals surface area contributed by atoms with Gasteiger partial charge in [0.2, 0.25) is 11.9 Å². The zero-order valence-corrected chi connectivity index (χ0v) is 8.39. The van der Waals surface area contributed by atoms with Gasteiger partial charge in [0, 0.05) is 13.0 Å². The standard InChI is InChI=1S/C10H12N4O/c1-3-10(14-8-11-7-12-14)5-6-13(4-2)9(10)15/h3-4,7-8H,1-2,5-6H2/p+1. The molecule has 1 amide bonds. The number of nitrogens with one attached hydrogen (secondary N) is 1. The third kappa shape index (κ3) is 1.20. The Kier molecular flexibility index (Phi) is 2.15. The Morgan fingerprint density at radius 1 is 1.67 bits per heavy atom. The van der Waals surface area contributed by atoms with Gasteiger partial charge in [-0.15, -0.1) is 4.68 Å². The van der Waals surface area contributed by atoms with Crippen molar-refractivity contribution >= 4 is 5.91 Å². The second-order valence-electron chi connectivity index (χ2n) is 3.45. The number of amides is 1. The van der Waals surface area contributed by atoms with Crippen molar-refractivity contribution in [2.24, 2.45) is 0 Å². The first kappa shape index (κ1) is 9.64. The maximum Gasteiger partial charge on any atom is 0.308 e. The average molecular weight is 205 g/mol. The maximum atomic E-state index is 12.1. The molecule has 1 aliphatic rings. The largest absolute Gasteiger partial charge is 0.315 e. The number of rotatable bonds is 3. The molecule has 15 heavy (non-hydrogen) atoms. The van der Waals surface area contributed by atoms with Crippen molar-refractivity contribution in [1.29, 1.82) is 0 Å². The van der Waals surface area contributed by atoms with Crippen LogP contribution in [0.2, 0.25) is 0 Å². The molecular weight excluding hydrogens is 192 g/mol. The molecule has 1 unspecified atom stereocenters. The van der Waals surface area contributed by atoms with E-state index in [1.807, 2.05) is 0 Å². The van der Waals surface area contributed by atoms with Crippen LogP contribution in [0.4, 0.5) is 0 Å². The van der Waals surface area contributed by atoms with Gasteiger partial charge in [0.1, 0.15) is 0 Å². The highest BCUT2D eigenvalue weighted by molar-refractivity contribution is 5.87. The number of nitrogens with zero attached hydrogens (tertiary/aromatic N) is 3. The third-order valence-corrected chi connectivity index (χ3v) is 2.81. The van der Waals surface area contributed by atoms with Crippen molar-refractivity contribution in [1.82, 2.24) is 15.0 Å². The Hall–Kier alpha value is -1.91. The monoisotopic (exact) mass is 205 g/mol. The van der Waals surface area contributed by atoms with E-state index in [0.29, 0.717) is 13.0 Å². The van der Waals surface area contributed by atoms with Crippen LogP contribution >= 0.6 is 0 Å². The lowest BCUT2D eigenvalue weighted by Crippen LogP contribution is -2.60. The smallest absolute Gasteiger partial charge is 0.308 e. The van der Waals surface area contributed by atoms with Crippen molar-refractivity contribution < 1.29 is 9.48 Å². The van der Waals surface area contributed by atoms with Crippen LogP contribution in [-0.4, -0.2) is 27.4 Å². The second-order valence-corrected chi connectivity index (χ2v) is 3.45. The quantitative estimate of drug-likeness (QED) is 0.556. The molecule has 1 atom stereocenters. The van der Waals surface area contributed by atoms with Crippen LogP contribution in [0.15, 0.2) is 38.1 Å². The van der Waals surface area contributed by atoms with E-state index in [1.165, 1.54) is 6.33 Å². The molecule has 78 valence electrons. The number of carbonyl (C=O) groups excluding carboxylic acids is 1. The van der Waals surface area contributed by atoms with Gasteiger partial charge in [-0.05, 0) is 17.3 Å². The molecule has 1 aromatic rings. The van der Waals surface area contributed by atoms with E-state index in [-0.39, 0.29) is 5.91 Å². The van der Waals surface area contributed by atoms with E-state index in [1.54, 1.807) is 28.2 Å². The highest BCUT2D eigenvalue weighted by atomic mass is 16.2. The molecule has 5 heteroatoms. The Morgan fingerprint density at radius 2 is 2.47 bits per heavy atom. The van der Waals surface area contributed by atoms with Crippen molar-refractivity contribution in [3.8, 4) is 0 Å². The summed E-state index contributed by atoms with van der Waals surface area (Å²) in [6, 6.07) is 0. The lowest BCUT2D eigenvalue weighted by Gasteiger charge is -2.18. The molecule has 1 aromatic heterocycles. The van der Waals surface area contributed by atoms with E-state index in [2.05, 4.69) is 23.2 Å². The summed E-state index contributed by atoms with van der Waals surface area (Å²) in [6.07, 6.45) is 7.00. The van der Waals surface area contributed by atoms with Crippen LogP contribution in [-0.2, 0) is 10.3 Å². The summed E-state index contributed by atoms with van der Waals surface area (Å²) in [4.78, 5) is 17.6. The highest BCUT2D eigenvalue weighted by Crippen LogP contribution is 2.26. The number of hydrogen-bond donors (Lipinski definition) is 1. The van der Waals surface area contributed by atoms with Gasteiger partial charge >= 0.3 is 6.33 Å². The first-order valence-corrected chi connectivity index (χ1v) is 4.72. The number of hydrogen-bond acceptors (Lipinski definition) is 2. The molecule has 2 rings (SSSR count). The normalized spacial score (nSPS) is 25.6. The predicted octanol–water partition coefficient (Wildman–Crippen LogP) is -0.0457. The van der Waals surface area contributed by atoms with E-state index in [0.717, 1.165) is 0 Å². The van der Waals surface area contributed by atoms with Gasteiger partial charge in [-0.3, -0.25) is 4.79 Å². The van der Waals surface area contributed by atoms with E-state index >= 15 is 0 Å². The van der Waals surface area contributed by atoms with Crippen molar-refractivity contribution in [2.75, 3.05) is 6.54 Å². The Balaban J connectivity index is 2.44. The van der Waals surface area contributed by atoms with Gasteiger partial charge in [0.05, 0.1) is 0 Å². The Labute approximate surface area is 87.7 Å². The second kappa shape index (κ2) is 3.34. The topological polar surface area (TPSA) is 52.9 Å². The average Bonchev–Trinajstić information content (AvgIpc) is 2.86. The van der Waals surface area contributed by atoms with E-state index in [9.17, 15) is 4.79 Å². The maximum absolute atomic E-state index is 12.1. The van der Waals surface area contributed by atoms with Crippen molar-refractivity contribution in [3.63, 3.8) is 0 Å². The number of aromatic nitrogens is 3. The molecule has 5 nitrogen and oxygen atoms in total. The van der Waals surface area contributed by atoms with Crippen LogP contribution in [0, 0.1) is 0 Å². The van der Waals surface area contributed by atoms with Crippen LogP contribution in [0.5, 0.6) is 0 Å². The zero-order valence-electron chi connectivity index (χ0n) is 8.39. The molecule has 0 bridgehead atoms. The summed E-state index contributed by atoms with van der Waals surface area (Å²) >= 11 is 0. The van der Waals surface area contributed by atoms with Crippen LogP contribution < -0.4 is 4.68 Å². The lowest BCUT2D eigenvalue weighted by molar-refractivity contribution is -0.787. The number of carbonyl (C=O) groups is 1. The van der Waals surface area contributed by atoms with Gasteiger partial charge in [0.25, 0.3) is 5.91 Å². The minimum Gasteiger partial charge on any atom is -0.315 e. The molecule has 0 radical (unpaired) electrons. The summed E-state index contributed by atoms with van der Waals surface area (Å²) in [5.41, 5.74) is -0.731. The summed E-state index contributed by atoms with van der Waals surface area (Å²) in [7, 11) is 0. The number of H-pyrrole nitrogens is 1. The zero-order chi connectivity index (χ0) is 10.9. The Bertz CT molecular complexity index is 398. The number of likely N-dealkylation sites (tertiary alicyclic amines) is 1. The van der Waals surface area contributed by atoms with Gasteiger partial charge in [-0.2, -0.15) is 5.10 Å². The molecule has 0 aromatic carbocycles. The third-order valence-electron chi connectivity index (χ3n) is 2.81. The summed E-state index contributed by atoms with van der Waals surface area (Å²) in [5.74, 6) is -0.0262. The highest BCUT2D eigenvalue weighted by Gasteiger charge is 2.50. The molecule has 1 fully saturated rings. The molecular formula is C10H13N4O+. The first-order valence-electron chi connectivity index (χ1n) is 4.72. The fraction of sp³-hybridized carbons (Fsp3) is 0.300. The Morgan fingerprint density at radius 3 is 2.93 bits per heavy atom. The molecule has 1 N–H and O–H groups in total. The number of aromatic amines is 1. The predicted molar refractivity (Wildman–Crippen MR) is 53.5 cm³/mol. The van der Waals surface area contributed by atoms with Crippen molar-refractivity contribution in [3.05, 3.63) is 38.1 Å². The van der Waals surface area contributed by atoms with Gasteiger partial charge in [0.15, 0.2) is 0 Å². The molecule has 0 saturated carbocycles. The van der Waals surface area contributed by atoms with Gasteiger partial charge in [-0.1, -0.05) is 13.2 Å². The van der Waals surface area contributed by atoms with Crippen LogP contribution in [0.3, 0.4) is 0 Å². The van der Waals surface area contributed by atoms with Crippen LogP contribution in [0.25, 0.3) is 0 Å². The van der Waals surface area contributed by atoms with Gasteiger partial charge < -0.3 is 4.90 Å². The minimum absolute atomic E-state index is 0.0262. The molecule has 1 aliphatic heterocycles. The lowest BCUT2D eigenvalue weighted by atomic mass is 9.98. The summed E-state index contributed by atoms with van der Waals surface area (Å²) in [5, 5.41) is 2.90. The minimum atomic E-state index is -0.731. The molecule has 0 spiro atoms. The van der Waals surface area contributed by atoms with E-state index in [4.69, 9.17) is 0 Å². The fourth-order valence-corrected chi connectivity index (χ4v) is 1.88. The first-order chi connectivity index (χ1) is 7.24. The molecule has 0 aliphatic carbocycles. The van der Waals surface area contributed by atoms with Gasteiger partial charge in [-0.25, -0.2) is 0 Å². The molecule has 2 heterocycles. The molecule has 1 saturated heterocycles. The van der Waals surface area contributed by atoms with Crippen LogP contribution in [0.1, 0.15) is 6.42 Å². The summed E-state index contributed by atoms with van der Waals surface area (Å²) < 4.78 is 1.67.